The molecule has 4 heteroatoms. The molecule has 0 spiro atoms. The fraction of sp³-hybridized carbons (Fsp3) is 0.778. The van der Waals surface area contributed by atoms with Crippen LogP contribution >= 0.6 is 0 Å². The van der Waals surface area contributed by atoms with Crippen molar-refractivity contribution in [3.63, 3.8) is 0 Å². The number of hydrogen-bond donors (Lipinski definition) is 2. The fourth-order valence-electron chi connectivity index (χ4n) is 1.82. The number of hydrogen-bond acceptors (Lipinski definition) is 2. The van der Waals surface area contributed by atoms with Gasteiger partial charge >= 0.3 is 0 Å². The highest BCUT2D eigenvalue weighted by Crippen LogP contribution is 2.27. The molecule has 0 aromatic heterocycles. The van der Waals surface area contributed by atoms with E-state index in [1.54, 1.807) is 0 Å². The Kier molecular flexibility index (Phi) is 3.73. The first-order chi connectivity index (χ1) is 6.24. The van der Waals surface area contributed by atoms with E-state index in [0.29, 0.717) is 5.92 Å². The van der Waals surface area contributed by atoms with Gasteiger partial charge < -0.3 is 11.5 Å². The first-order valence-electron chi connectivity index (χ1n) is 4.89. The van der Waals surface area contributed by atoms with Gasteiger partial charge in [0, 0.05) is 5.71 Å². The van der Waals surface area contributed by atoms with Crippen LogP contribution in [0.15, 0.2) is 10.2 Å². The van der Waals surface area contributed by atoms with Crippen LogP contribution in [-0.4, -0.2) is 11.7 Å². The van der Waals surface area contributed by atoms with Crippen molar-refractivity contribution in [1.29, 1.82) is 0 Å². The molecule has 0 aliphatic heterocycles. The monoisotopic (exact) mass is 182 g/mol. The Morgan fingerprint density at radius 1 is 1.23 bits per heavy atom. The third kappa shape index (κ3) is 3.05. The summed E-state index contributed by atoms with van der Waals surface area (Å²) in [5.41, 5.74) is 11.6. The molecule has 1 rings (SSSR count). The van der Waals surface area contributed by atoms with Crippen LogP contribution in [0.4, 0.5) is 0 Å². The molecule has 0 heterocycles. The molecule has 0 unspecified atom stereocenters. The van der Waals surface area contributed by atoms with Crippen molar-refractivity contribution in [2.24, 2.45) is 27.6 Å². The Labute approximate surface area is 79.1 Å². The van der Waals surface area contributed by atoms with Crippen molar-refractivity contribution < 1.29 is 0 Å². The number of guanidine groups is 1. The standard InChI is InChI=1S/C9H18N4/c1-2-8(12-13-9(10)11)7-5-3-4-6-7/h7H,2-6H2,1H3,(H4,10,11,13)/b12-8+. The minimum atomic E-state index is 0.0453. The van der Waals surface area contributed by atoms with Crippen molar-refractivity contribution >= 4 is 11.7 Å². The summed E-state index contributed by atoms with van der Waals surface area (Å²) in [5, 5.41) is 7.78. The Morgan fingerprint density at radius 2 is 1.85 bits per heavy atom. The quantitative estimate of drug-likeness (QED) is 0.391. The lowest BCUT2D eigenvalue weighted by Gasteiger charge is -2.08. The van der Waals surface area contributed by atoms with Crippen LogP contribution in [0.1, 0.15) is 39.0 Å². The second-order valence-corrected chi connectivity index (χ2v) is 3.45. The highest BCUT2D eigenvalue weighted by Gasteiger charge is 2.19. The molecule has 1 saturated carbocycles. The molecule has 0 atom stereocenters. The predicted molar refractivity (Wildman–Crippen MR) is 55.5 cm³/mol. The summed E-state index contributed by atoms with van der Waals surface area (Å²) in [6.45, 7) is 2.10. The zero-order valence-electron chi connectivity index (χ0n) is 8.16. The Bertz CT molecular complexity index is 210. The largest absolute Gasteiger partial charge is 0.369 e. The number of nitrogens with two attached hydrogens (primary N) is 2. The summed E-state index contributed by atoms with van der Waals surface area (Å²) >= 11 is 0. The molecule has 0 radical (unpaired) electrons. The van der Waals surface area contributed by atoms with Gasteiger partial charge in [0.05, 0.1) is 0 Å². The van der Waals surface area contributed by atoms with E-state index in [-0.39, 0.29) is 5.96 Å². The van der Waals surface area contributed by atoms with Crippen molar-refractivity contribution in [3.05, 3.63) is 0 Å². The van der Waals surface area contributed by atoms with Gasteiger partial charge in [-0.2, -0.15) is 5.10 Å². The van der Waals surface area contributed by atoms with E-state index in [2.05, 4.69) is 17.1 Å². The van der Waals surface area contributed by atoms with Gasteiger partial charge in [0.1, 0.15) is 0 Å². The van der Waals surface area contributed by atoms with E-state index < -0.39 is 0 Å². The Hall–Kier alpha value is -1.06. The van der Waals surface area contributed by atoms with Crippen molar-refractivity contribution in [1.82, 2.24) is 0 Å². The third-order valence-electron chi connectivity index (χ3n) is 2.48. The molecule has 13 heavy (non-hydrogen) atoms. The maximum atomic E-state index is 5.21. The van der Waals surface area contributed by atoms with Crippen molar-refractivity contribution in [2.75, 3.05) is 0 Å². The highest BCUT2D eigenvalue weighted by atomic mass is 15.3. The third-order valence-corrected chi connectivity index (χ3v) is 2.48. The maximum absolute atomic E-state index is 5.21. The zero-order valence-corrected chi connectivity index (χ0v) is 8.16. The molecule has 1 aliphatic carbocycles. The van der Waals surface area contributed by atoms with E-state index in [1.165, 1.54) is 25.7 Å². The molecule has 0 saturated heterocycles. The topological polar surface area (TPSA) is 76.8 Å². The highest BCUT2D eigenvalue weighted by molar-refractivity contribution is 5.87. The maximum Gasteiger partial charge on any atom is 0.211 e. The SMILES string of the molecule is CC/C(=N\N=C(N)N)C1CCCC1. The lowest BCUT2D eigenvalue weighted by Crippen LogP contribution is -2.22. The van der Waals surface area contributed by atoms with Gasteiger partial charge in [0.25, 0.3) is 0 Å². The minimum Gasteiger partial charge on any atom is -0.369 e. The summed E-state index contributed by atoms with van der Waals surface area (Å²) in [5.74, 6) is 0.664. The lowest BCUT2D eigenvalue weighted by atomic mass is 10.0. The van der Waals surface area contributed by atoms with Crippen LogP contribution in [-0.2, 0) is 0 Å². The van der Waals surface area contributed by atoms with Gasteiger partial charge in [-0.05, 0) is 25.2 Å². The van der Waals surface area contributed by atoms with Gasteiger partial charge in [0.2, 0.25) is 5.96 Å². The second-order valence-electron chi connectivity index (χ2n) is 3.45. The smallest absolute Gasteiger partial charge is 0.211 e. The molecule has 1 aliphatic rings. The normalized spacial score (nSPS) is 19.0. The molecule has 1 fully saturated rings. The summed E-state index contributed by atoms with van der Waals surface area (Å²) in [7, 11) is 0. The van der Waals surface area contributed by atoms with Crippen LogP contribution in [0, 0.1) is 5.92 Å². The van der Waals surface area contributed by atoms with E-state index in [0.717, 1.165) is 12.1 Å². The summed E-state index contributed by atoms with van der Waals surface area (Å²) in [6.07, 6.45) is 6.05. The molecule has 4 nitrogen and oxygen atoms in total. The average Bonchev–Trinajstić information content (AvgIpc) is 2.58. The van der Waals surface area contributed by atoms with E-state index in [9.17, 15) is 0 Å². The van der Waals surface area contributed by atoms with Crippen LogP contribution in [0.25, 0.3) is 0 Å². The molecule has 74 valence electrons. The van der Waals surface area contributed by atoms with E-state index in [1.807, 2.05) is 0 Å². The Balaban J connectivity index is 2.60. The molecular formula is C9H18N4. The van der Waals surface area contributed by atoms with Crippen molar-refractivity contribution in [2.45, 2.75) is 39.0 Å². The Morgan fingerprint density at radius 3 is 2.31 bits per heavy atom. The van der Waals surface area contributed by atoms with Crippen LogP contribution in [0.5, 0.6) is 0 Å². The van der Waals surface area contributed by atoms with Gasteiger partial charge in [-0.15, -0.1) is 5.10 Å². The predicted octanol–water partition coefficient (Wildman–Crippen LogP) is 1.22. The summed E-state index contributed by atoms with van der Waals surface area (Å²) in [6, 6.07) is 0. The van der Waals surface area contributed by atoms with E-state index in [4.69, 9.17) is 11.5 Å². The summed E-state index contributed by atoms with van der Waals surface area (Å²) < 4.78 is 0. The average molecular weight is 182 g/mol. The molecule has 0 aromatic rings. The van der Waals surface area contributed by atoms with Crippen LogP contribution in [0.3, 0.4) is 0 Å². The zero-order chi connectivity index (χ0) is 9.68. The van der Waals surface area contributed by atoms with Gasteiger partial charge in [-0.25, -0.2) is 0 Å². The molecular weight excluding hydrogens is 164 g/mol. The first kappa shape index (κ1) is 10.0. The number of nitrogens with zero attached hydrogens (tertiary/aromatic N) is 2. The lowest BCUT2D eigenvalue weighted by molar-refractivity contribution is 0.710. The second kappa shape index (κ2) is 4.84. The van der Waals surface area contributed by atoms with Gasteiger partial charge in [-0.3, -0.25) is 0 Å². The molecule has 0 aromatic carbocycles. The minimum absolute atomic E-state index is 0.0453. The molecule has 0 bridgehead atoms. The van der Waals surface area contributed by atoms with Crippen LogP contribution in [0.2, 0.25) is 0 Å². The first-order valence-corrected chi connectivity index (χ1v) is 4.89. The molecule has 4 N–H and O–H groups in total. The van der Waals surface area contributed by atoms with E-state index >= 15 is 0 Å². The number of rotatable bonds is 3. The molecule has 0 amide bonds. The summed E-state index contributed by atoms with van der Waals surface area (Å²) in [4.78, 5) is 0. The van der Waals surface area contributed by atoms with Gasteiger partial charge in [-0.1, -0.05) is 19.8 Å². The van der Waals surface area contributed by atoms with Crippen LogP contribution < -0.4 is 11.5 Å². The van der Waals surface area contributed by atoms with Crippen molar-refractivity contribution in [3.8, 4) is 0 Å². The van der Waals surface area contributed by atoms with Gasteiger partial charge in [0.15, 0.2) is 0 Å². The fourth-order valence-corrected chi connectivity index (χ4v) is 1.82.